The van der Waals surface area contributed by atoms with Gasteiger partial charge in [-0.2, -0.15) is 0 Å². The molecule has 11 heteroatoms. The van der Waals surface area contributed by atoms with Crippen molar-refractivity contribution in [2.45, 2.75) is 70.3 Å². The van der Waals surface area contributed by atoms with E-state index < -0.39 is 60.6 Å². The number of nitrogens with two attached hydrogens (primary N) is 1. The summed E-state index contributed by atoms with van der Waals surface area (Å²) in [7, 11) is 0. The fourth-order valence-electron chi connectivity index (χ4n) is 3.17. The lowest BCUT2D eigenvalue weighted by atomic mass is 10.0. The van der Waals surface area contributed by atoms with Crippen LogP contribution in [0.5, 0.6) is 0 Å². The van der Waals surface area contributed by atoms with Crippen LogP contribution in [0.15, 0.2) is 0 Å². The summed E-state index contributed by atoms with van der Waals surface area (Å²) in [6, 6.07) is -4.61. The van der Waals surface area contributed by atoms with Crippen LogP contribution >= 0.6 is 0 Å². The van der Waals surface area contributed by atoms with Crippen molar-refractivity contribution >= 4 is 23.7 Å². The lowest BCUT2D eigenvalue weighted by Gasteiger charge is -2.30. The highest BCUT2D eigenvalue weighted by atomic mass is 16.4. The molecule has 1 fully saturated rings. The Morgan fingerprint density at radius 2 is 1.76 bits per heavy atom. The minimum Gasteiger partial charge on any atom is -0.480 e. The van der Waals surface area contributed by atoms with E-state index in [0.29, 0.717) is 12.8 Å². The molecule has 11 nitrogen and oxygen atoms in total. The standard InChI is InChI=1S/C18H32N4O7/c1-9(2)7-12(20-15(25)11(19)8-23)16(26)21-14(10(3)24)17(27)22-6-4-5-13(22)18(28)29/h9-14,23-24H,4-8,19H2,1-3H3,(H,20,25)(H,21,26)(H,28,29). The van der Waals surface area contributed by atoms with Crippen LogP contribution in [0.2, 0.25) is 0 Å². The molecule has 29 heavy (non-hydrogen) atoms. The smallest absolute Gasteiger partial charge is 0.326 e. The van der Waals surface area contributed by atoms with Crippen molar-refractivity contribution in [1.82, 2.24) is 15.5 Å². The highest BCUT2D eigenvalue weighted by Gasteiger charge is 2.40. The monoisotopic (exact) mass is 416 g/mol. The Hall–Kier alpha value is -2.24. The first-order valence-corrected chi connectivity index (χ1v) is 9.68. The largest absolute Gasteiger partial charge is 0.480 e. The topological polar surface area (TPSA) is 182 Å². The van der Waals surface area contributed by atoms with E-state index in [1.165, 1.54) is 6.92 Å². The van der Waals surface area contributed by atoms with Crippen molar-refractivity contribution in [2.75, 3.05) is 13.2 Å². The first-order chi connectivity index (χ1) is 13.5. The summed E-state index contributed by atoms with van der Waals surface area (Å²) >= 11 is 0. The van der Waals surface area contributed by atoms with Crippen LogP contribution in [0.1, 0.15) is 40.0 Å². The third-order valence-electron chi connectivity index (χ3n) is 4.74. The molecule has 0 bridgehead atoms. The number of likely N-dealkylation sites (tertiary alicyclic amines) is 1. The number of aliphatic carboxylic acids is 1. The number of carbonyl (C=O) groups is 4. The number of rotatable bonds is 10. The van der Waals surface area contributed by atoms with Gasteiger partial charge < -0.3 is 36.6 Å². The molecule has 1 aliphatic rings. The molecule has 1 aliphatic heterocycles. The van der Waals surface area contributed by atoms with Crippen LogP contribution in [0.25, 0.3) is 0 Å². The molecule has 0 saturated carbocycles. The van der Waals surface area contributed by atoms with Gasteiger partial charge in [0.25, 0.3) is 0 Å². The molecule has 1 saturated heterocycles. The second-order valence-corrected chi connectivity index (χ2v) is 7.73. The van der Waals surface area contributed by atoms with E-state index in [9.17, 15) is 29.4 Å². The number of carbonyl (C=O) groups excluding carboxylic acids is 3. The molecule has 166 valence electrons. The maximum Gasteiger partial charge on any atom is 0.326 e. The maximum absolute atomic E-state index is 12.8. The summed E-state index contributed by atoms with van der Waals surface area (Å²) in [4.78, 5) is 50.0. The Kier molecular flexibility index (Phi) is 9.47. The summed E-state index contributed by atoms with van der Waals surface area (Å²) in [6.45, 7) is 4.59. The van der Waals surface area contributed by atoms with Crippen molar-refractivity contribution in [3.8, 4) is 0 Å². The average molecular weight is 416 g/mol. The van der Waals surface area contributed by atoms with E-state index in [1.807, 2.05) is 13.8 Å². The van der Waals surface area contributed by atoms with Crippen LogP contribution in [0.4, 0.5) is 0 Å². The normalized spacial score (nSPS) is 20.7. The zero-order chi connectivity index (χ0) is 22.3. The number of aliphatic hydroxyl groups is 2. The number of hydrogen-bond donors (Lipinski definition) is 6. The summed E-state index contributed by atoms with van der Waals surface area (Å²) in [6.07, 6.45) is -0.240. The third-order valence-corrected chi connectivity index (χ3v) is 4.74. The van der Waals surface area contributed by atoms with Gasteiger partial charge in [0.2, 0.25) is 17.7 Å². The molecule has 5 atom stereocenters. The predicted molar refractivity (Wildman–Crippen MR) is 102 cm³/mol. The van der Waals surface area contributed by atoms with Gasteiger partial charge in [0.1, 0.15) is 24.2 Å². The highest BCUT2D eigenvalue weighted by molar-refractivity contribution is 5.94. The van der Waals surface area contributed by atoms with Crippen LogP contribution in [0.3, 0.4) is 0 Å². The molecule has 0 aliphatic carbocycles. The molecule has 3 amide bonds. The van der Waals surface area contributed by atoms with Crippen molar-refractivity contribution < 1.29 is 34.5 Å². The molecule has 1 heterocycles. The summed E-state index contributed by atoms with van der Waals surface area (Å²) in [5, 5.41) is 33.2. The number of aliphatic hydroxyl groups excluding tert-OH is 2. The van der Waals surface area contributed by atoms with Crippen LogP contribution in [-0.4, -0.2) is 87.3 Å². The second-order valence-electron chi connectivity index (χ2n) is 7.73. The summed E-state index contributed by atoms with van der Waals surface area (Å²) in [5.74, 6) is -3.26. The molecule has 0 aromatic carbocycles. The van der Waals surface area contributed by atoms with Gasteiger partial charge >= 0.3 is 5.97 Å². The van der Waals surface area contributed by atoms with Crippen LogP contribution in [0, 0.1) is 5.92 Å². The van der Waals surface area contributed by atoms with Crippen molar-refractivity contribution in [2.24, 2.45) is 11.7 Å². The number of nitrogens with zero attached hydrogens (tertiary/aromatic N) is 1. The van der Waals surface area contributed by atoms with E-state index in [4.69, 9.17) is 10.8 Å². The summed E-state index contributed by atoms with van der Waals surface area (Å²) < 4.78 is 0. The van der Waals surface area contributed by atoms with E-state index in [1.54, 1.807) is 0 Å². The van der Waals surface area contributed by atoms with Gasteiger partial charge in [-0.3, -0.25) is 14.4 Å². The van der Waals surface area contributed by atoms with Crippen LogP contribution in [-0.2, 0) is 19.2 Å². The van der Waals surface area contributed by atoms with Gasteiger partial charge in [-0.15, -0.1) is 0 Å². The van der Waals surface area contributed by atoms with Gasteiger partial charge in [-0.05, 0) is 32.1 Å². The van der Waals surface area contributed by atoms with Crippen molar-refractivity contribution in [3.05, 3.63) is 0 Å². The number of amides is 3. The Bertz CT molecular complexity index is 611. The molecule has 7 N–H and O–H groups in total. The lowest BCUT2D eigenvalue weighted by Crippen LogP contribution is -2.60. The van der Waals surface area contributed by atoms with Crippen molar-refractivity contribution in [1.29, 1.82) is 0 Å². The van der Waals surface area contributed by atoms with Gasteiger partial charge in [0.05, 0.1) is 12.7 Å². The fraction of sp³-hybridized carbons (Fsp3) is 0.778. The van der Waals surface area contributed by atoms with E-state index in [0.717, 1.165) is 4.90 Å². The van der Waals surface area contributed by atoms with Crippen LogP contribution < -0.4 is 16.4 Å². The number of carboxylic acid groups (broad SMARTS) is 1. The summed E-state index contributed by atoms with van der Waals surface area (Å²) in [5.41, 5.74) is 5.47. The van der Waals surface area contributed by atoms with Gasteiger partial charge in [-0.1, -0.05) is 13.8 Å². The molecule has 0 aromatic rings. The molecule has 0 radical (unpaired) electrons. The SMILES string of the molecule is CC(C)CC(NC(=O)C(N)CO)C(=O)NC(C(=O)N1CCCC1C(=O)O)C(C)O. The quantitative estimate of drug-likeness (QED) is 0.231. The molecule has 0 aromatic heterocycles. The molecular weight excluding hydrogens is 384 g/mol. The molecule has 5 unspecified atom stereocenters. The number of carboxylic acids is 1. The molecule has 1 rings (SSSR count). The molecular formula is C18H32N4O7. The second kappa shape index (κ2) is 11.1. The lowest BCUT2D eigenvalue weighted by molar-refractivity contribution is -0.150. The van der Waals surface area contributed by atoms with Gasteiger partial charge in [0, 0.05) is 6.54 Å². The fourth-order valence-corrected chi connectivity index (χ4v) is 3.17. The Morgan fingerprint density at radius 1 is 1.14 bits per heavy atom. The Labute approximate surface area is 169 Å². The number of hydrogen-bond acceptors (Lipinski definition) is 7. The minimum absolute atomic E-state index is 0.00655. The first-order valence-electron chi connectivity index (χ1n) is 9.68. The zero-order valence-corrected chi connectivity index (χ0v) is 17.0. The highest BCUT2D eigenvalue weighted by Crippen LogP contribution is 2.19. The first kappa shape index (κ1) is 24.8. The third kappa shape index (κ3) is 6.94. The zero-order valence-electron chi connectivity index (χ0n) is 17.0. The Morgan fingerprint density at radius 3 is 2.24 bits per heavy atom. The maximum atomic E-state index is 12.8. The van der Waals surface area contributed by atoms with E-state index in [-0.39, 0.29) is 18.9 Å². The van der Waals surface area contributed by atoms with E-state index in [2.05, 4.69) is 10.6 Å². The Balaban J connectivity index is 2.95. The average Bonchev–Trinajstić information content (AvgIpc) is 3.13. The molecule has 0 spiro atoms. The van der Waals surface area contributed by atoms with Gasteiger partial charge in [0.15, 0.2) is 0 Å². The van der Waals surface area contributed by atoms with Crippen molar-refractivity contribution in [3.63, 3.8) is 0 Å². The number of nitrogens with one attached hydrogen (secondary N) is 2. The predicted octanol–water partition coefficient (Wildman–Crippen LogP) is -2.22. The van der Waals surface area contributed by atoms with Gasteiger partial charge in [-0.25, -0.2) is 4.79 Å². The minimum atomic E-state index is -1.36. The van der Waals surface area contributed by atoms with E-state index >= 15 is 0 Å².